The fraction of sp³-hybridized carbons (Fsp3) is 0.588. The van der Waals surface area contributed by atoms with Crippen LogP contribution in [0.5, 0.6) is 0 Å². The number of unbranched alkanes of at least 4 members (excludes halogenated alkanes) is 5. The standard InChI is InChI=1S/C17H26N2O/c1-2-3-4-5-6-7-8-17(20)19-15-9-10-16-14(13-15)11-12-18-16/h9-10,13,18H,2-8,11-12H2,1H3,(H,19,20). The lowest BCUT2D eigenvalue weighted by atomic mass is 10.1. The van der Waals surface area contributed by atoms with E-state index in [1.165, 1.54) is 43.4 Å². The van der Waals surface area contributed by atoms with Gasteiger partial charge in [0.1, 0.15) is 0 Å². The Balaban J connectivity index is 1.67. The highest BCUT2D eigenvalue weighted by Gasteiger charge is 2.10. The van der Waals surface area contributed by atoms with Crippen LogP contribution < -0.4 is 10.6 Å². The maximum absolute atomic E-state index is 11.9. The Labute approximate surface area is 122 Å². The van der Waals surface area contributed by atoms with Gasteiger partial charge < -0.3 is 10.6 Å². The largest absolute Gasteiger partial charge is 0.384 e. The highest BCUT2D eigenvalue weighted by molar-refractivity contribution is 5.91. The average molecular weight is 274 g/mol. The summed E-state index contributed by atoms with van der Waals surface area (Å²) in [5.41, 5.74) is 3.45. The van der Waals surface area contributed by atoms with Crippen LogP contribution in [-0.2, 0) is 11.2 Å². The average Bonchev–Trinajstić information content (AvgIpc) is 2.90. The highest BCUT2D eigenvalue weighted by Crippen LogP contribution is 2.25. The van der Waals surface area contributed by atoms with Crippen LogP contribution in [0, 0.1) is 0 Å². The summed E-state index contributed by atoms with van der Waals surface area (Å²) in [7, 11) is 0. The van der Waals surface area contributed by atoms with E-state index >= 15 is 0 Å². The van der Waals surface area contributed by atoms with Crippen molar-refractivity contribution in [2.24, 2.45) is 0 Å². The van der Waals surface area contributed by atoms with Gasteiger partial charge in [0.2, 0.25) is 5.91 Å². The summed E-state index contributed by atoms with van der Waals surface area (Å²) in [5, 5.41) is 6.33. The number of carbonyl (C=O) groups is 1. The first kappa shape index (κ1) is 14.9. The number of rotatable bonds is 8. The summed E-state index contributed by atoms with van der Waals surface area (Å²) in [6.45, 7) is 3.23. The molecule has 0 bridgehead atoms. The molecule has 0 atom stereocenters. The summed E-state index contributed by atoms with van der Waals surface area (Å²) < 4.78 is 0. The van der Waals surface area contributed by atoms with Crippen LogP contribution in [0.25, 0.3) is 0 Å². The molecule has 1 aliphatic heterocycles. The van der Waals surface area contributed by atoms with Crippen molar-refractivity contribution in [1.82, 2.24) is 0 Å². The van der Waals surface area contributed by atoms with Gasteiger partial charge in [-0.1, -0.05) is 39.0 Å². The van der Waals surface area contributed by atoms with Gasteiger partial charge in [-0.2, -0.15) is 0 Å². The van der Waals surface area contributed by atoms with Gasteiger partial charge in [-0.15, -0.1) is 0 Å². The van der Waals surface area contributed by atoms with E-state index in [4.69, 9.17) is 0 Å². The van der Waals surface area contributed by atoms with E-state index in [1.807, 2.05) is 6.07 Å². The number of hydrogen-bond acceptors (Lipinski definition) is 2. The summed E-state index contributed by atoms with van der Waals surface area (Å²) in [6.07, 6.45) is 9.01. The molecule has 3 heteroatoms. The Bertz CT molecular complexity index is 443. The maximum atomic E-state index is 11.9. The first-order valence-electron chi connectivity index (χ1n) is 7.96. The zero-order chi connectivity index (χ0) is 14.2. The summed E-state index contributed by atoms with van der Waals surface area (Å²) >= 11 is 0. The Kier molecular flexibility index (Phi) is 5.90. The fourth-order valence-electron chi connectivity index (χ4n) is 2.67. The molecule has 2 rings (SSSR count). The number of benzene rings is 1. The second kappa shape index (κ2) is 7.93. The van der Waals surface area contributed by atoms with Gasteiger partial charge in [-0.25, -0.2) is 0 Å². The molecular formula is C17H26N2O. The molecule has 0 unspecified atom stereocenters. The number of anilines is 2. The van der Waals surface area contributed by atoms with Crippen molar-refractivity contribution < 1.29 is 4.79 Å². The lowest BCUT2D eigenvalue weighted by Crippen LogP contribution is -2.11. The number of fused-ring (bicyclic) bond motifs is 1. The molecule has 0 radical (unpaired) electrons. The van der Waals surface area contributed by atoms with E-state index in [-0.39, 0.29) is 5.91 Å². The van der Waals surface area contributed by atoms with Gasteiger partial charge in [-0.3, -0.25) is 4.79 Å². The molecule has 1 aromatic rings. The first-order valence-corrected chi connectivity index (χ1v) is 7.96. The van der Waals surface area contributed by atoms with Crippen molar-refractivity contribution in [3.05, 3.63) is 23.8 Å². The highest BCUT2D eigenvalue weighted by atomic mass is 16.1. The second-order valence-corrected chi connectivity index (χ2v) is 5.61. The summed E-state index contributed by atoms with van der Waals surface area (Å²) in [4.78, 5) is 11.9. The zero-order valence-electron chi connectivity index (χ0n) is 12.5. The number of amides is 1. The minimum Gasteiger partial charge on any atom is -0.384 e. The molecule has 0 spiro atoms. The molecule has 1 aromatic carbocycles. The van der Waals surface area contributed by atoms with Crippen LogP contribution >= 0.6 is 0 Å². The van der Waals surface area contributed by atoms with Crippen LogP contribution in [0.1, 0.15) is 57.4 Å². The smallest absolute Gasteiger partial charge is 0.224 e. The minimum absolute atomic E-state index is 0.145. The third kappa shape index (κ3) is 4.55. The summed E-state index contributed by atoms with van der Waals surface area (Å²) in [5.74, 6) is 0.145. The lowest BCUT2D eigenvalue weighted by Gasteiger charge is -2.07. The molecule has 0 saturated heterocycles. The van der Waals surface area contributed by atoms with Crippen LogP contribution in [0.2, 0.25) is 0 Å². The third-order valence-corrected chi connectivity index (χ3v) is 3.86. The molecule has 0 saturated carbocycles. The van der Waals surface area contributed by atoms with E-state index in [0.717, 1.165) is 25.1 Å². The maximum Gasteiger partial charge on any atom is 0.224 e. The Hall–Kier alpha value is -1.51. The Morgan fingerprint density at radius 2 is 2.00 bits per heavy atom. The molecular weight excluding hydrogens is 248 g/mol. The van der Waals surface area contributed by atoms with Crippen molar-refractivity contribution in [2.45, 2.75) is 58.3 Å². The molecule has 0 aromatic heterocycles. The van der Waals surface area contributed by atoms with Crippen LogP contribution in [0.3, 0.4) is 0 Å². The van der Waals surface area contributed by atoms with Gasteiger partial charge in [-0.05, 0) is 36.6 Å². The number of nitrogens with one attached hydrogen (secondary N) is 2. The molecule has 0 aliphatic carbocycles. The number of hydrogen-bond donors (Lipinski definition) is 2. The van der Waals surface area contributed by atoms with E-state index < -0.39 is 0 Å². The van der Waals surface area contributed by atoms with Gasteiger partial charge in [0.15, 0.2) is 0 Å². The van der Waals surface area contributed by atoms with Gasteiger partial charge in [0.05, 0.1) is 0 Å². The second-order valence-electron chi connectivity index (χ2n) is 5.61. The SMILES string of the molecule is CCCCCCCCC(=O)Nc1ccc2c(c1)CCN2. The van der Waals surface area contributed by atoms with E-state index in [9.17, 15) is 4.79 Å². The van der Waals surface area contributed by atoms with Gasteiger partial charge >= 0.3 is 0 Å². The number of carbonyl (C=O) groups excluding carboxylic acids is 1. The molecule has 1 amide bonds. The van der Waals surface area contributed by atoms with E-state index in [2.05, 4.69) is 29.7 Å². The summed E-state index contributed by atoms with van der Waals surface area (Å²) in [6, 6.07) is 6.13. The first-order chi connectivity index (χ1) is 9.79. The molecule has 1 aliphatic rings. The van der Waals surface area contributed by atoms with E-state index in [1.54, 1.807) is 0 Å². The van der Waals surface area contributed by atoms with Gasteiger partial charge in [0, 0.05) is 24.3 Å². The van der Waals surface area contributed by atoms with Crippen molar-refractivity contribution in [3.8, 4) is 0 Å². The van der Waals surface area contributed by atoms with Crippen LogP contribution in [0.15, 0.2) is 18.2 Å². The predicted octanol–water partition coefficient (Wildman–Crippen LogP) is 4.34. The topological polar surface area (TPSA) is 41.1 Å². The normalized spacial score (nSPS) is 12.8. The fourth-order valence-corrected chi connectivity index (χ4v) is 2.67. The molecule has 0 fully saturated rings. The van der Waals surface area contributed by atoms with Crippen molar-refractivity contribution >= 4 is 17.3 Å². The lowest BCUT2D eigenvalue weighted by molar-refractivity contribution is -0.116. The van der Waals surface area contributed by atoms with Gasteiger partial charge in [0.25, 0.3) is 0 Å². The monoisotopic (exact) mass is 274 g/mol. The minimum atomic E-state index is 0.145. The molecule has 1 heterocycles. The molecule has 2 N–H and O–H groups in total. The quantitative estimate of drug-likeness (QED) is 0.692. The molecule has 20 heavy (non-hydrogen) atoms. The van der Waals surface area contributed by atoms with Crippen LogP contribution in [-0.4, -0.2) is 12.5 Å². The van der Waals surface area contributed by atoms with E-state index in [0.29, 0.717) is 6.42 Å². The van der Waals surface area contributed by atoms with Crippen molar-refractivity contribution in [1.29, 1.82) is 0 Å². The molecule has 3 nitrogen and oxygen atoms in total. The predicted molar refractivity (Wildman–Crippen MR) is 85.3 cm³/mol. The third-order valence-electron chi connectivity index (χ3n) is 3.86. The van der Waals surface area contributed by atoms with Crippen molar-refractivity contribution in [3.63, 3.8) is 0 Å². The zero-order valence-corrected chi connectivity index (χ0v) is 12.5. The molecule has 110 valence electrons. The van der Waals surface area contributed by atoms with Crippen molar-refractivity contribution in [2.75, 3.05) is 17.2 Å². The Morgan fingerprint density at radius 1 is 1.20 bits per heavy atom. The van der Waals surface area contributed by atoms with Crippen LogP contribution in [0.4, 0.5) is 11.4 Å². The Morgan fingerprint density at radius 3 is 2.85 bits per heavy atom.